The van der Waals surface area contributed by atoms with Gasteiger partial charge < -0.3 is 26.6 Å². The minimum Gasteiger partial charge on any atom is -0.377 e. The summed E-state index contributed by atoms with van der Waals surface area (Å²) in [6.45, 7) is 9.11. The molecule has 9 heteroatoms. The summed E-state index contributed by atoms with van der Waals surface area (Å²) in [6.07, 6.45) is 3.81. The van der Waals surface area contributed by atoms with Crippen LogP contribution in [0.4, 0.5) is 0 Å². The van der Waals surface area contributed by atoms with Crippen LogP contribution in [-0.4, -0.2) is 84.3 Å². The van der Waals surface area contributed by atoms with Crippen molar-refractivity contribution in [3.63, 3.8) is 0 Å². The van der Waals surface area contributed by atoms with E-state index >= 15 is 0 Å². The molecule has 0 atom stereocenters. The predicted octanol–water partition coefficient (Wildman–Crippen LogP) is 2.40. The van der Waals surface area contributed by atoms with Crippen LogP contribution in [0.1, 0.15) is 19.8 Å². The molecule has 0 aromatic heterocycles. The Bertz CT molecular complexity index is 332. The Kier molecular flexibility index (Phi) is 14.0. The lowest BCUT2D eigenvalue weighted by molar-refractivity contribution is 0.102. The summed E-state index contributed by atoms with van der Waals surface area (Å²) in [6, 6.07) is 1.59. The Morgan fingerprint density at radius 3 is 1.60 bits per heavy atom. The van der Waals surface area contributed by atoms with E-state index in [-0.39, 0.29) is 0 Å². The molecule has 0 unspecified atom stereocenters. The van der Waals surface area contributed by atoms with Crippen molar-refractivity contribution in [3.05, 3.63) is 12.7 Å². The van der Waals surface area contributed by atoms with Crippen LogP contribution in [0.15, 0.2) is 12.7 Å². The lowest BCUT2D eigenvalue weighted by atomic mass is 10.3. The summed E-state index contributed by atoms with van der Waals surface area (Å²) in [7, 11) is 3.26. The van der Waals surface area contributed by atoms with Gasteiger partial charge in [-0.1, -0.05) is 6.08 Å². The molecule has 150 valence electrons. The normalized spacial score (nSPS) is 12.8. The van der Waals surface area contributed by atoms with Crippen molar-refractivity contribution in [3.8, 4) is 0 Å². The van der Waals surface area contributed by atoms with E-state index in [9.17, 15) is 0 Å². The summed E-state index contributed by atoms with van der Waals surface area (Å²) >= 11 is 0. The Hall–Kier alpha value is -0.106. The van der Waals surface area contributed by atoms with E-state index in [0.717, 1.165) is 44.6 Å². The van der Waals surface area contributed by atoms with Crippen molar-refractivity contribution in [2.75, 3.05) is 61.8 Å². The van der Waals surface area contributed by atoms with E-state index in [1.54, 1.807) is 35.5 Å². The summed E-state index contributed by atoms with van der Waals surface area (Å²) in [5, 5.41) is 0. The monoisotopic (exact) mass is 395 g/mol. The van der Waals surface area contributed by atoms with Gasteiger partial charge in [0.1, 0.15) is 0 Å². The van der Waals surface area contributed by atoms with Crippen LogP contribution in [0.25, 0.3) is 0 Å². The molecule has 0 radical (unpaired) electrons. The molecule has 0 N–H and O–H groups in total. The molecule has 0 fully saturated rings. The maximum atomic E-state index is 5.75. The second-order valence-electron chi connectivity index (χ2n) is 5.62. The molecule has 7 nitrogen and oxygen atoms in total. The van der Waals surface area contributed by atoms with Gasteiger partial charge in [0.05, 0.1) is 0 Å². The molecule has 0 heterocycles. The van der Waals surface area contributed by atoms with E-state index < -0.39 is 17.6 Å². The number of nitrogens with zero attached hydrogens (tertiary/aromatic N) is 1. The zero-order valence-corrected chi connectivity index (χ0v) is 18.8. The minimum absolute atomic E-state index is 0.599. The van der Waals surface area contributed by atoms with E-state index in [1.165, 1.54) is 0 Å². The lowest BCUT2D eigenvalue weighted by Gasteiger charge is -2.28. The molecule has 0 saturated heterocycles. The highest BCUT2D eigenvalue weighted by Crippen LogP contribution is 2.18. The van der Waals surface area contributed by atoms with Gasteiger partial charge in [-0.3, -0.25) is 4.90 Å². The highest BCUT2D eigenvalue weighted by Gasteiger charge is 2.38. The molecule has 0 amide bonds. The van der Waals surface area contributed by atoms with Gasteiger partial charge in [-0.2, -0.15) is 0 Å². The third-order valence-electron chi connectivity index (χ3n) is 4.22. The Labute approximate surface area is 155 Å². The quantitative estimate of drug-likeness (QED) is 0.277. The van der Waals surface area contributed by atoms with Crippen molar-refractivity contribution in [2.45, 2.75) is 31.9 Å². The molecule has 0 aliphatic rings. The van der Waals surface area contributed by atoms with Crippen LogP contribution in [0, 0.1) is 0 Å². The molecule has 0 aromatic carbocycles. The fraction of sp³-hybridized carbons (Fsp3) is 0.875. The summed E-state index contributed by atoms with van der Waals surface area (Å²) in [5.41, 5.74) is 0. The zero-order chi connectivity index (χ0) is 19.2. The van der Waals surface area contributed by atoms with Crippen LogP contribution in [0.3, 0.4) is 0 Å². The van der Waals surface area contributed by atoms with Gasteiger partial charge in [-0.05, 0) is 32.9 Å². The van der Waals surface area contributed by atoms with Gasteiger partial charge in [0.15, 0.2) is 0 Å². The Morgan fingerprint density at radius 2 is 1.24 bits per heavy atom. The molecule has 0 aromatic rings. The smallest absolute Gasteiger partial charge is 0.377 e. The first-order valence-electron chi connectivity index (χ1n) is 8.73. The SMILES string of the molecule is C=CCN(CCC[Si](OC)(OC)OC)CCC[Si](OC)(OC)OCC. The van der Waals surface area contributed by atoms with E-state index in [1.807, 2.05) is 13.0 Å². The maximum absolute atomic E-state index is 5.75. The van der Waals surface area contributed by atoms with E-state index in [2.05, 4.69) is 11.5 Å². The van der Waals surface area contributed by atoms with Crippen molar-refractivity contribution >= 4 is 17.6 Å². The second-order valence-corrected chi connectivity index (χ2v) is 11.7. The highest BCUT2D eigenvalue weighted by molar-refractivity contribution is 6.60. The summed E-state index contributed by atoms with van der Waals surface area (Å²) in [4.78, 5) is 2.35. The van der Waals surface area contributed by atoms with Gasteiger partial charge in [-0.15, -0.1) is 6.58 Å². The Balaban J connectivity index is 4.44. The van der Waals surface area contributed by atoms with Crippen LogP contribution >= 0.6 is 0 Å². The first-order chi connectivity index (χ1) is 12.0. The fourth-order valence-electron chi connectivity index (χ4n) is 2.77. The molecule has 0 aliphatic heterocycles. The largest absolute Gasteiger partial charge is 0.500 e. The van der Waals surface area contributed by atoms with Crippen molar-refractivity contribution < 1.29 is 26.6 Å². The molecule has 0 rings (SSSR count). The van der Waals surface area contributed by atoms with Gasteiger partial charge in [0, 0.05) is 60.8 Å². The van der Waals surface area contributed by atoms with Gasteiger partial charge >= 0.3 is 17.6 Å². The number of hydrogen-bond acceptors (Lipinski definition) is 7. The van der Waals surface area contributed by atoms with Crippen LogP contribution in [0.5, 0.6) is 0 Å². The topological polar surface area (TPSA) is 58.6 Å². The van der Waals surface area contributed by atoms with Gasteiger partial charge in [-0.25, -0.2) is 0 Å². The highest BCUT2D eigenvalue weighted by atomic mass is 28.4. The molecule has 0 aliphatic carbocycles. The third kappa shape index (κ3) is 8.89. The van der Waals surface area contributed by atoms with Gasteiger partial charge in [0.2, 0.25) is 0 Å². The van der Waals surface area contributed by atoms with E-state index in [4.69, 9.17) is 26.6 Å². The van der Waals surface area contributed by atoms with Crippen LogP contribution in [-0.2, 0) is 26.6 Å². The molecule has 0 spiro atoms. The second kappa shape index (κ2) is 14.0. The molecule has 0 bridgehead atoms. The lowest BCUT2D eigenvalue weighted by Crippen LogP contribution is -2.44. The standard InChI is InChI=1S/C16H37NO6Si2/c1-8-12-17(13-10-15-24(18-3,19-4)20-5)14-11-16-25(21-6,22-7)23-9-2/h8H,1,9-16H2,2-7H3. The average molecular weight is 396 g/mol. The van der Waals surface area contributed by atoms with Crippen molar-refractivity contribution in [2.24, 2.45) is 0 Å². The predicted molar refractivity (Wildman–Crippen MR) is 104 cm³/mol. The van der Waals surface area contributed by atoms with Gasteiger partial charge in [0.25, 0.3) is 0 Å². The molecule has 25 heavy (non-hydrogen) atoms. The average Bonchev–Trinajstić information content (AvgIpc) is 2.65. The number of hydrogen-bond donors (Lipinski definition) is 0. The summed E-state index contributed by atoms with van der Waals surface area (Å²) in [5.74, 6) is 0. The summed E-state index contributed by atoms with van der Waals surface area (Å²) < 4.78 is 33.3. The van der Waals surface area contributed by atoms with Crippen molar-refractivity contribution in [1.29, 1.82) is 0 Å². The first kappa shape index (κ1) is 24.9. The number of rotatable bonds is 17. The molecular formula is C16H37NO6Si2. The maximum Gasteiger partial charge on any atom is 0.500 e. The molecule has 0 saturated carbocycles. The van der Waals surface area contributed by atoms with E-state index in [0.29, 0.717) is 6.61 Å². The third-order valence-corrected chi connectivity index (χ3v) is 9.99. The van der Waals surface area contributed by atoms with Crippen LogP contribution < -0.4 is 0 Å². The minimum atomic E-state index is -2.52. The van der Waals surface area contributed by atoms with Crippen LogP contribution in [0.2, 0.25) is 12.1 Å². The molecular weight excluding hydrogens is 358 g/mol. The van der Waals surface area contributed by atoms with Crippen molar-refractivity contribution in [1.82, 2.24) is 4.90 Å². The first-order valence-corrected chi connectivity index (χ1v) is 12.6. The Morgan fingerprint density at radius 1 is 0.800 bits per heavy atom. The fourth-order valence-corrected chi connectivity index (χ4v) is 6.46. The zero-order valence-electron chi connectivity index (χ0n) is 16.8.